The van der Waals surface area contributed by atoms with Crippen LogP contribution >= 0.6 is 0 Å². The van der Waals surface area contributed by atoms with E-state index in [0.29, 0.717) is 0 Å². The van der Waals surface area contributed by atoms with Crippen LogP contribution in [0.4, 0.5) is 0 Å². The Hall–Kier alpha value is -3.92. The fourth-order valence-corrected chi connectivity index (χ4v) is 3.64. The molecule has 0 amide bonds. The molecule has 0 heterocycles. The molecule has 0 aliphatic heterocycles. The third-order valence-electron chi connectivity index (χ3n) is 6.00. The van der Waals surface area contributed by atoms with E-state index in [0.717, 1.165) is 37.6 Å². The van der Waals surface area contributed by atoms with Crippen molar-refractivity contribution in [2.24, 2.45) is 0 Å². The zero-order valence-corrected chi connectivity index (χ0v) is 26.0. The molecular weight excluding hydrogens is 520 g/mol. The molecule has 0 bridgehead atoms. The summed E-state index contributed by atoms with van der Waals surface area (Å²) in [4.78, 5) is 0. The highest BCUT2D eigenvalue weighted by molar-refractivity contribution is 5.32. The van der Waals surface area contributed by atoms with Crippen molar-refractivity contribution in [3.05, 3.63) is 121 Å². The highest BCUT2D eigenvalue weighted by Crippen LogP contribution is 2.18. The van der Waals surface area contributed by atoms with E-state index in [1.165, 1.54) is 50.5 Å². The minimum Gasteiger partial charge on any atom is -0.508 e. The maximum atomic E-state index is 9.14. The van der Waals surface area contributed by atoms with Gasteiger partial charge in [-0.15, -0.1) is 0 Å². The maximum Gasteiger partial charge on any atom is 0.122 e. The van der Waals surface area contributed by atoms with Crippen LogP contribution in [0.15, 0.2) is 115 Å². The zero-order chi connectivity index (χ0) is 30.5. The minimum absolute atomic E-state index is 0.257. The molecular formula is C38H52O4. The molecule has 0 radical (unpaired) electrons. The van der Waals surface area contributed by atoms with Gasteiger partial charge in [-0.25, -0.2) is 0 Å². The van der Waals surface area contributed by atoms with Gasteiger partial charge in [-0.1, -0.05) is 132 Å². The molecule has 4 nitrogen and oxygen atoms in total. The number of phenols is 2. The first-order valence-corrected chi connectivity index (χ1v) is 15.5. The van der Waals surface area contributed by atoms with Gasteiger partial charge >= 0.3 is 0 Å². The van der Waals surface area contributed by atoms with Gasteiger partial charge in [0.15, 0.2) is 0 Å². The number of ether oxygens (including phenoxy) is 2. The minimum atomic E-state index is 0.257. The van der Waals surface area contributed by atoms with E-state index in [2.05, 4.69) is 51.1 Å². The van der Waals surface area contributed by atoms with Crippen LogP contribution < -0.4 is 9.47 Å². The summed E-state index contributed by atoms with van der Waals surface area (Å²) in [5.74, 6) is 2.01. The van der Waals surface area contributed by atoms with Crippen LogP contribution in [-0.4, -0.2) is 23.4 Å². The highest BCUT2D eigenvalue weighted by Gasteiger charge is 1.95. The van der Waals surface area contributed by atoms with Gasteiger partial charge < -0.3 is 19.7 Å². The SMILES string of the molecule is CCCCCOc1cccc(O)c1.CCCCCOc1cccc(O)c1.CCCCc1ccccc1.c1ccccc1. The Balaban J connectivity index is 0.000000289. The van der Waals surface area contributed by atoms with Gasteiger partial charge in [0.1, 0.15) is 23.0 Å². The molecule has 0 fully saturated rings. The van der Waals surface area contributed by atoms with E-state index >= 15 is 0 Å². The van der Waals surface area contributed by atoms with Crippen LogP contribution in [0.1, 0.15) is 77.7 Å². The average Bonchev–Trinajstić information content (AvgIpc) is 3.03. The molecule has 0 unspecified atom stereocenters. The van der Waals surface area contributed by atoms with E-state index in [1.807, 2.05) is 48.5 Å². The van der Waals surface area contributed by atoms with Crippen LogP contribution in [0.5, 0.6) is 23.0 Å². The van der Waals surface area contributed by atoms with Gasteiger partial charge in [0.2, 0.25) is 0 Å². The number of rotatable bonds is 13. The van der Waals surface area contributed by atoms with Gasteiger partial charge in [-0.05, 0) is 55.5 Å². The smallest absolute Gasteiger partial charge is 0.122 e. The molecule has 4 aromatic carbocycles. The van der Waals surface area contributed by atoms with Crippen LogP contribution in [-0.2, 0) is 6.42 Å². The van der Waals surface area contributed by atoms with E-state index in [1.54, 1.807) is 36.4 Å². The van der Waals surface area contributed by atoms with Crippen molar-refractivity contribution < 1.29 is 19.7 Å². The summed E-state index contributed by atoms with van der Waals surface area (Å²) < 4.78 is 10.9. The maximum absolute atomic E-state index is 9.14. The number of aryl methyl sites for hydroxylation is 1. The molecule has 0 saturated carbocycles. The number of benzene rings is 4. The van der Waals surface area contributed by atoms with Crippen molar-refractivity contribution in [2.45, 2.75) is 78.6 Å². The second-order valence-electron chi connectivity index (χ2n) is 9.85. The number of phenolic OH excluding ortho intramolecular Hbond substituents is 2. The number of aromatic hydroxyl groups is 2. The fourth-order valence-electron chi connectivity index (χ4n) is 3.64. The zero-order valence-electron chi connectivity index (χ0n) is 26.0. The lowest BCUT2D eigenvalue weighted by Gasteiger charge is -2.05. The molecule has 0 spiro atoms. The van der Waals surface area contributed by atoms with Crippen LogP contribution in [0.25, 0.3) is 0 Å². The van der Waals surface area contributed by atoms with Crippen molar-refractivity contribution in [3.8, 4) is 23.0 Å². The first kappa shape index (κ1) is 36.1. The Morgan fingerprint density at radius 3 is 1.24 bits per heavy atom. The normalized spacial score (nSPS) is 9.60. The molecule has 228 valence electrons. The second kappa shape index (κ2) is 26.0. The lowest BCUT2D eigenvalue weighted by molar-refractivity contribution is 0.304. The topological polar surface area (TPSA) is 58.9 Å². The van der Waals surface area contributed by atoms with Crippen LogP contribution in [0, 0.1) is 0 Å². The monoisotopic (exact) mass is 572 g/mol. The Bertz CT molecular complexity index is 1040. The lowest BCUT2D eigenvalue weighted by Crippen LogP contribution is -1.96. The Kier molecular flexibility index (Phi) is 22.4. The lowest BCUT2D eigenvalue weighted by atomic mass is 10.1. The highest BCUT2D eigenvalue weighted by atomic mass is 16.5. The van der Waals surface area contributed by atoms with Crippen molar-refractivity contribution in [1.82, 2.24) is 0 Å². The summed E-state index contributed by atoms with van der Waals surface area (Å²) >= 11 is 0. The largest absolute Gasteiger partial charge is 0.508 e. The molecule has 0 aliphatic rings. The van der Waals surface area contributed by atoms with E-state index in [9.17, 15) is 0 Å². The molecule has 4 rings (SSSR count). The molecule has 0 atom stereocenters. The summed E-state index contributed by atoms with van der Waals surface area (Å²) in [5, 5.41) is 18.3. The third kappa shape index (κ3) is 20.9. The number of hydrogen-bond donors (Lipinski definition) is 2. The van der Waals surface area contributed by atoms with Crippen molar-refractivity contribution in [1.29, 1.82) is 0 Å². The number of unbranched alkanes of at least 4 members (excludes halogenated alkanes) is 5. The van der Waals surface area contributed by atoms with Crippen molar-refractivity contribution >= 4 is 0 Å². The van der Waals surface area contributed by atoms with Crippen LogP contribution in [0.2, 0.25) is 0 Å². The standard InChI is InChI=1S/2C11H16O2.C10H14.C6H6/c2*1-2-3-4-8-13-11-7-5-6-10(12)9-11;1-2-3-7-10-8-5-4-6-9-10;1-2-4-6-5-3-1/h2*5-7,9,12H,2-4,8H2,1H3;4-6,8-9H,2-3,7H2,1H3;1-6H. The molecule has 0 aromatic heterocycles. The third-order valence-corrected chi connectivity index (χ3v) is 6.00. The summed E-state index contributed by atoms with van der Waals surface area (Å²) in [7, 11) is 0. The van der Waals surface area contributed by atoms with Gasteiger partial charge in [0.05, 0.1) is 13.2 Å². The van der Waals surface area contributed by atoms with Crippen molar-refractivity contribution in [2.75, 3.05) is 13.2 Å². The summed E-state index contributed by atoms with van der Waals surface area (Å²) in [6, 6.07) is 36.5. The van der Waals surface area contributed by atoms with Gasteiger partial charge in [0.25, 0.3) is 0 Å². The average molecular weight is 573 g/mol. The first-order valence-electron chi connectivity index (χ1n) is 15.5. The quantitative estimate of drug-likeness (QED) is 0.156. The van der Waals surface area contributed by atoms with Gasteiger partial charge in [0, 0.05) is 12.1 Å². The van der Waals surface area contributed by atoms with E-state index in [4.69, 9.17) is 19.7 Å². The van der Waals surface area contributed by atoms with Gasteiger partial charge in [-0.2, -0.15) is 0 Å². The van der Waals surface area contributed by atoms with E-state index in [-0.39, 0.29) is 11.5 Å². The molecule has 0 aliphatic carbocycles. The summed E-state index contributed by atoms with van der Waals surface area (Å²) in [6.45, 7) is 8.01. The summed E-state index contributed by atoms with van der Waals surface area (Å²) in [6.07, 6.45) is 10.8. The molecule has 2 N–H and O–H groups in total. The van der Waals surface area contributed by atoms with E-state index < -0.39 is 0 Å². The van der Waals surface area contributed by atoms with Gasteiger partial charge in [-0.3, -0.25) is 0 Å². The predicted octanol–water partition coefficient (Wildman–Crippen LogP) is 10.6. The Morgan fingerprint density at radius 1 is 0.452 bits per heavy atom. The Morgan fingerprint density at radius 2 is 0.857 bits per heavy atom. The van der Waals surface area contributed by atoms with Crippen LogP contribution in [0.3, 0.4) is 0 Å². The predicted molar refractivity (Wildman–Crippen MR) is 178 cm³/mol. The fraction of sp³-hybridized carbons (Fsp3) is 0.368. The molecule has 4 heteroatoms. The van der Waals surface area contributed by atoms with Crippen molar-refractivity contribution in [3.63, 3.8) is 0 Å². The molecule has 4 aromatic rings. The molecule has 0 saturated heterocycles. The molecule has 42 heavy (non-hydrogen) atoms. The second-order valence-corrected chi connectivity index (χ2v) is 9.85. The first-order chi connectivity index (χ1) is 20.6. The Labute approximate surface area is 255 Å². The number of hydrogen-bond acceptors (Lipinski definition) is 4. The summed E-state index contributed by atoms with van der Waals surface area (Å²) in [5.41, 5.74) is 1.46.